The van der Waals surface area contributed by atoms with Crippen LogP contribution in [-0.4, -0.2) is 31.7 Å². The van der Waals surface area contributed by atoms with Gasteiger partial charge in [-0.15, -0.1) is 23.2 Å². The molecule has 1 aliphatic heterocycles. The van der Waals surface area contributed by atoms with Gasteiger partial charge in [0.15, 0.2) is 9.84 Å². The van der Waals surface area contributed by atoms with Crippen LogP contribution in [-0.2, 0) is 16.3 Å². The summed E-state index contributed by atoms with van der Waals surface area (Å²) in [6.07, 6.45) is 0.920. The molecule has 1 unspecified atom stereocenters. The number of hydrogen-bond donors (Lipinski definition) is 0. The van der Waals surface area contributed by atoms with Gasteiger partial charge < -0.3 is 0 Å². The van der Waals surface area contributed by atoms with E-state index in [1.54, 1.807) is 18.2 Å². The van der Waals surface area contributed by atoms with E-state index in [1.165, 1.54) is 6.07 Å². The second kappa shape index (κ2) is 6.20. The zero-order valence-electron chi connectivity index (χ0n) is 11.0. The van der Waals surface area contributed by atoms with Gasteiger partial charge in [0.25, 0.3) is 0 Å². The Morgan fingerprint density at radius 2 is 1.90 bits per heavy atom. The van der Waals surface area contributed by atoms with E-state index in [4.69, 9.17) is 23.2 Å². The lowest BCUT2D eigenvalue weighted by molar-refractivity contribution is 0.242. The fourth-order valence-corrected chi connectivity index (χ4v) is 5.65. The number of benzene rings is 1. The third-order valence-electron chi connectivity index (χ3n) is 4.13. The van der Waals surface area contributed by atoms with Crippen LogP contribution < -0.4 is 0 Å². The molecule has 0 spiro atoms. The zero-order chi connectivity index (χ0) is 14.8. The highest BCUT2D eigenvalue weighted by Gasteiger charge is 2.44. The van der Waals surface area contributed by atoms with E-state index in [-0.39, 0.29) is 35.0 Å². The smallest absolute Gasteiger partial charge is 0.150 e. The monoisotopic (exact) mass is 338 g/mol. The summed E-state index contributed by atoms with van der Waals surface area (Å²) in [6, 6.07) is 6.49. The number of alkyl halides is 2. The lowest BCUT2D eigenvalue weighted by Gasteiger charge is -2.35. The van der Waals surface area contributed by atoms with Gasteiger partial charge in [-0.25, -0.2) is 12.8 Å². The summed E-state index contributed by atoms with van der Waals surface area (Å²) >= 11 is 12.2. The average Bonchev–Trinajstić information content (AvgIpc) is 2.79. The Labute approximate surface area is 129 Å². The molecular formula is C14H17Cl2FO2S. The van der Waals surface area contributed by atoms with Crippen LogP contribution in [0, 0.1) is 17.2 Å². The Kier molecular flexibility index (Phi) is 4.98. The van der Waals surface area contributed by atoms with Crippen LogP contribution in [0.1, 0.15) is 12.0 Å². The second-order valence-electron chi connectivity index (χ2n) is 5.50. The van der Waals surface area contributed by atoms with E-state index in [9.17, 15) is 12.8 Å². The maximum Gasteiger partial charge on any atom is 0.150 e. The molecule has 0 bridgehead atoms. The van der Waals surface area contributed by atoms with Gasteiger partial charge in [0.2, 0.25) is 0 Å². The Hall–Kier alpha value is -0.320. The van der Waals surface area contributed by atoms with Crippen molar-refractivity contribution in [2.75, 3.05) is 23.3 Å². The molecule has 0 aliphatic carbocycles. The number of rotatable bonds is 5. The van der Waals surface area contributed by atoms with Gasteiger partial charge in [-0.3, -0.25) is 0 Å². The summed E-state index contributed by atoms with van der Waals surface area (Å²) in [7, 11) is -3.01. The van der Waals surface area contributed by atoms with Gasteiger partial charge in [0, 0.05) is 17.2 Å². The van der Waals surface area contributed by atoms with Gasteiger partial charge in [-0.1, -0.05) is 18.2 Å². The molecular weight excluding hydrogens is 322 g/mol. The summed E-state index contributed by atoms with van der Waals surface area (Å²) in [5.74, 6) is 0.316. The summed E-state index contributed by atoms with van der Waals surface area (Å²) in [6.45, 7) is 0. The fraction of sp³-hybridized carbons (Fsp3) is 0.571. The number of halogens is 3. The normalized spacial score (nSPS) is 22.1. The highest BCUT2D eigenvalue weighted by atomic mass is 35.5. The van der Waals surface area contributed by atoms with Crippen LogP contribution >= 0.6 is 23.2 Å². The van der Waals surface area contributed by atoms with Crippen molar-refractivity contribution in [2.24, 2.45) is 11.3 Å². The molecule has 0 aromatic heterocycles. The van der Waals surface area contributed by atoms with E-state index in [2.05, 4.69) is 0 Å². The number of sulfone groups is 1. The number of hydrogen-bond acceptors (Lipinski definition) is 2. The molecule has 112 valence electrons. The predicted molar refractivity (Wildman–Crippen MR) is 80.7 cm³/mol. The van der Waals surface area contributed by atoms with E-state index >= 15 is 0 Å². The van der Waals surface area contributed by atoms with Crippen LogP contribution in [0.4, 0.5) is 4.39 Å². The third kappa shape index (κ3) is 3.29. The molecule has 2 rings (SSSR count). The highest BCUT2D eigenvalue weighted by Crippen LogP contribution is 2.41. The topological polar surface area (TPSA) is 34.1 Å². The predicted octanol–water partition coefficient (Wildman–Crippen LogP) is 3.27. The van der Waals surface area contributed by atoms with Gasteiger partial charge in [-0.2, -0.15) is 0 Å². The molecule has 20 heavy (non-hydrogen) atoms. The minimum Gasteiger partial charge on any atom is -0.229 e. The highest BCUT2D eigenvalue weighted by molar-refractivity contribution is 7.91. The van der Waals surface area contributed by atoms with Crippen molar-refractivity contribution in [3.05, 3.63) is 35.6 Å². The first kappa shape index (κ1) is 16.1. The quantitative estimate of drug-likeness (QED) is 0.772. The Morgan fingerprint density at radius 3 is 2.40 bits per heavy atom. The van der Waals surface area contributed by atoms with Gasteiger partial charge in [-0.05, 0) is 30.4 Å². The Morgan fingerprint density at radius 1 is 1.25 bits per heavy atom. The standard InChI is InChI=1S/C14H17Cl2FO2S/c15-9-14(10-16,12-5-6-20(18,19)8-12)7-11-3-1-2-4-13(11)17/h1-4,12H,5-10H2. The first-order chi connectivity index (χ1) is 9.42. The molecule has 0 amide bonds. The van der Waals surface area contributed by atoms with Crippen LogP contribution in [0.5, 0.6) is 0 Å². The zero-order valence-corrected chi connectivity index (χ0v) is 13.3. The molecule has 1 heterocycles. The van der Waals surface area contributed by atoms with Crippen LogP contribution in [0.25, 0.3) is 0 Å². The van der Waals surface area contributed by atoms with Crippen LogP contribution in [0.15, 0.2) is 24.3 Å². The van der Waals surface area contributed by atoms with Crippen molar-refractivity contribution in [1.29, 1.82) is 0 Å². The first-order valence-electron chi connectivity index (χ1n) is 6.48. The molecule has 2 nitrogen and oxygen atoms in total. The molecule has 6 heteroatoms. The summed E-state index contributed by atoms with van der Waals surface area (Å²) in [4.78, 5) is 0. The summed E-state index contributed by atoms with van der Waals surface area (Å²) in [5.41, 5.74) is -0.0346. The Bertz CT molecular complexity index is 570. The van der Waals surface area contributed by atoms with Crippen molar-refractivity contribution in [3.8, 4) is 0 Å². The van der Waals surface area contributed by atoms with E-state index in [1.807, 2.05) is 0 Å². The van der Waals surface area contributed by atoms with Gasteiger partial charge in [0.05, 0.1) is 11.5 Å². The minimum absolute atomic E-state index is 0.0981. The largest absolute Gasteiger partial charge is 0.229 e. The molecule has 1 aromatic carbocycles. The lowest BCUT2D eigenvalue weighted by Crippen LogP contribution is -2.38. The summed E-state index contributed by atoms with van der Waals surface area (Å²) < 4.78 is 37.2. The van der Waals surface area contributed by atoms with E-state index < -0.39 is 15.3 Å². The third-order valence-corrected chi connectivity index (χ3v) is 6.96. The average molecular weight is 339 g/mol. The van der Waals surface area contributed by atoms with Crippen molar-refractivity contribution >= 4 is 33.0 Å². The van der Waals surface area contributed by atoms with Gasteiger partial charge >= 0.3 is 0 Å². The maximum atomic E-state index is 13.8. The molecule has 1 fully saturated rings. The molecule has 0 N–H and O–H groups in total. The molecule has 1 aliphatic rings. The van der Waals surface area contributed by atoms with Crippen molar-refractivity contribution in [2.45, 2.75) is 12.8 Å². The summed E-state index contributed by atoms with van der Waals surface area (Å²) in [5, 5.41) is 0. The fourth-order valence-electron chi connectivity index (χ4n) is 2.79. The van der Waals surface area contributed by atoms with Crippen LogP contribution in [0.3, 0.4) is 0 Å². The Balaban J connectivity index is 2.29. The SMILES string of the molecule is O=S1(=O)CCC(C(CCl)(CCl)Cc2ccccc2F)C1. The molecule has 1 saturated heterocycles. The molecule has 0 radical (unpaired) electrons. The van der Waals surface area contributed by atoms with Crippen molar-refractivity contribution < 1.29 is 12.8 Å². The maximum absolute atomic E-state index is 13.8. The van der Waals surface area contributed by atoms with E-state index in [0.29, 0.717) is 18.4 Å². The van der Waals surface area contributed by atoms with Crippen molar-refractivity contribution in [3.63, 3.8) is 0 Å². The van der Waals surface area contributed by atoms with Crippen molar-refractivity contribution in [1.82, 2.24) is 0 Å². The minimum atomic E-state index is -3.01. The van der Waals surface area contributed by atoms with Crippen LogP contribution in [0.2, 0.25) is 0 Å². The molecule has 1 aromatic rings. The second-order valence-corrected chi connectivity index (χ2v) is 8.26. The lowest BCUT2D eigenvalue weighted by atomic mass is 9.73. The first-order valence-corrected chi connectivity index (χ1v) is 9.37. The van der Waals surface area contributed by atoms with E-state index in [0.717, 1.165) is 0 Å². The van der Waals surface area contributed by atoms with Gasteiger partial charge in [0.1, 0.15) is 5.82 Å². The molecule has 0 saturated carbocycles. The molecule has 1 atom stereocenters.